The van der Waals surface area contributed by atoms with Crippen molar-refractivity contribution in [2.45, 2.75) is 13.3 Å². The summed E-state index contributed by atoms with van der Waals surface area (Å²) < 4.78 is 33.3. The summed E-state index contributed by atoms with van der Waals surface area (Å²) in [4.78, 5) is 0. The number of hydrogen-bond donors (Lipinski definition) is 0. The molecule has 0 spiro atoms. The molecule has 0 aliphatic rings. The quantitative estimate of drug-likeness (QED) is 0.297. The van der Waals surface area contributed by atoms with Crippen molar-refractivity contribution in [1.82, 2.24) is 5.34 Å². The Hall–Kier alpha value is -0.740. The minimum atomic E-state index is -1.35. The van der Waals surface area contributed by atoms with Gasteiger partial charge in [0, 0.05) is 6.42 Å². The highest BCUT2D eigenvalue weighted by Crippen LogP contribution is 1.97. The summed E-state index contributed by atoms with van der Waals surface area (Å²) >= 11 is 0. The van der Waals surface area contributed by atoms with Gasteiger partial charge in [-0.05, 0) is 5.34 Å². The normalized spacial score (nSPS) is 11.8. The Morgan fingerprint density at radius 3 is 2.12 bits per heavy atom. The van der Waals surface area contributed by atoms with Crippen molar-refractivity contribution < 1.29 is 13.4 Å². The lowest BCUT2D eigenvalue weighted by atomic mass is 10.5. The number of hydrogen-bond acceptors (Lipinski definition) is 1. The monoisotopic (exact) mass is 126 g/mol. The predicted molar refractivity (Wildman–Crippen MR) is 22.9 cm³/mol. The van der Waals surface area contributed by atoms with Crippen LogP contribution >= 0.6 is 0 Å². The Labute approximate surface area is 44.4 Å². The van der Waals surface area contributed by atoms with Crippen LogP contribution in [0.2, 0.25) is 0 Å². The maximum Gasteiger partial charge on any atom is 0.202 e. The van der Waals surface area contributed by atoms with Crippen LogP contribution in [0.1, 0.15) is 13.3 Å². The lowest BCUT2D eigenvalue weighted by Gasteiger charge is -1.97. The minimum absolute atomic E-state index is 0.108. The van der Waals surface area contributed by atoms with Gasteiger partial charge in [-0.2, -0.15) is 0 Å². The average molecular weight is 126 g/mol. The molecule has 0 aromatic carbocycles. The molecule has 0 heterocycles. The van der Waals surface area contributed by atoms with Gasteiger partial charge in [0.15, 0.2) is 0 Å². The van der Waals surface area contributed by atoms with E-state index < -0.39 is 11.2 Å². The number of halogens is 3. The van der Waals surface area contributed by atoms with Gasteiger partial charge in [0.2, 0.25) is 5.84 Å². The van der Waals surface area contributed by atoms with Crippen molar-refractivity contribution in [2.24, 2.45) is 5.21 Å². The second kappa shape index (κ2) is 3.29. The van der Waals surface area contributed by atoms with Crippen LogP contribution in [0.15, 0.2) is 5.21 Å². The van der Waals surface area contributed by atoms with Crippen molar-refractivity contribution in [3.63, 3.8) is 0 Å². The fraction of sp³-hybridized carbons (Fsp3) is 0.667. The van der Waals surface area contributed by atoms with Crippen LogP contribution in [0.3, 0.4) is 0 Å². The third-order valence-electron chi connectivity index (χ3n) is 0.609. The van der Waals surface area contributed by atoms with Crippen molar-refractivity contribution in [3.05, 3.63) is 0 Å². The van der Waals surface area contributed by atoms with E-state index in [0.717, 1.165) is 0 Å². The summed E-state index contributed by atoms with van der Waals surface area (Å²) in [5.74, 6) is -0.856. The predicted octanol–water partition coefficient (Wildman–Crippen LogP) is 1.75. The van der Waals surface area contributed by atoms with Gasteiger partial charge in [-0.25, -0.2) is 0 Å². The van der Waals surface area contributed by atoms with E-state index in [1.54, 1.807) is 5.21 Å². The highest BCUT2D eigenvalue weighted by molar-refractivity contribution is 5.79. The summed E-state index contributed by atoms with van der Waals surface area (Å²) in [5, 5.41) is 0.451. The first-order valence-electron chi connectivity index (χ1n) is 2.01. The van der Waals surface area contributed by atoms with Gasteiger partial charge in [0.05, 0.1) is 0 Å². The van der Waals surface area contributed by atoms with Crippen LogP contribution in [-0.2, 0) is 0 Å². The number of amidine groups is 1. The van der Waals surface area contributed by atoms with Crippen LogP contribution < -0.4 is 0 Å². The molecule has 0 aromatic rings. The van der Waals surface area contributed by atoms with Gasteiger partial charge in [0.1, 0.15) is 0 Å². The Kier molecular flexibility index (Phi) is 2.98. The van der Waals surface area contributed by atoms with E-state index in [1.165, 1.54) is 6.92 Å². The van der Waals surface area contributed by atoms with Crippen molar-refractivity contribution in [3.8, 4) is 0 Å². The van der Waals surface area contributed by atoms with Crippen LogP contribution in [0.4, 0.5) is 13.4 Å². The topological polar surface area (TPSA) is 15.6 Å². The summed E-state index contributed by atoms with van der Waals surface area (Å²) in [6.45, 7) is 1.38. The molecule has 48 valence electrons. The van der Waals surface area contributed by atoms with Gasteiger partial charge in [-0.15, -0.1) is 0 Å². The first kappa shape index (κ1) is 7.26. The van der Waals surface area contributed by atoms with E-state index in [0.29, 0.717) is 0 Å². The zero-order valence-corrected chi connectivity index (χ0v) is 4.24. The van der Waals surface area contributed by atoms with E-state index in [-0.39, 0.29) is 6.42 Å². The molecule has 8 heavy (non-hydrogen) atoms. The maximum atomic E-state index is 11.2. The van der Waals surface area contributed by atoms with E-state index in [1.807, 2.05) is 0 Å². The maximum absolute atomic E-state index is 11.2. The molecule has 0 unspecified atom stereocenters. The molecule has 0 rings (SSSR count). The van der Waals surface area contributed by atoms with E-state index in [4.69, 9.17) is 0 Å². The Morgan fingerprint density at radius 2 is 2.12 bits per heavy atom. The summed E-state index contributed by atoms with van der Waals surface area (Å²) in [5.41, 5.74) is 0. The molecular formula is C3H5F3N2. The van der Waals surface area contributed by atoms with E-state index in [9.17, 15) is 13.4 Å². The highest BCUT2D eigenvalue weighted by atomic mass is 19.4. The van der Waals surface area contributed by atoms with E-state index in [2.05, 4.69) is 0 Å². The standard InChI is InChI=1S/C3H5F3N2/c1-2-3(7-4)8(5)6/h2H2,1H3/b7-3-. The largest absolute Gasteiger partial charge is 0.202 e. The average Bonchev–Trinajstić information content (AvgIpc) is 1.69. The lowest BCUT2D eigenvalue weighted by molar-refractivity contribution is -0.0773. The minimum Gasteiger partial charge on any atom is -0.0735 e. The van der Waals surface area contributed by atoms with Crippen molar-refractivity contribution in [2.75, 3.05) is 0 Å². The molecule has 2 nitrogen and oxygen atoms in total. The summed E-state index contributed by atoms with van der Waals surface area (Å²) in [7, 11) is 0. The lowest BCUT2D eigenvalue weighted by Crippen LogP contribution is -2.10. The van der Waals surface area contributed by atoms with E-state index >= 15 is 0 Å². The third-order valence-corrected chi connectivity index (χ3v) is 0.609. The van der Waals surface area contributed by atoms with Gasteiger partial charge >= 0.3 is 0 Å². The second-order valence-corrected chi connectivity index (χ2v) is 1.09. The molecule has 0 N–H and O–H groups in total. The van der Waals surface area contributed by atoms with Crippen molar-refractivity contribution >= 4 is 5.84 Å². The Balaban J connectivity index is 3.72. The molecule has 5 heteroatoms. The van der Waals surface area contributed by atoms with Gasteiger partial charge in [0.25, 0.3) is 0 Å². The van der Waals surface area contributed by atoms with Crippen LogP contribution in [0, 0.1) is 0 Å². The molecule has 0 atom stereocenters. The fourth-order valence-corrected chi connectivity index (χ4v) is 0.208. The highest BCUT2D eigenvalue weighted by Gasteiger charge is 2.05. The van der Waals surface area contributed by atoms with Crippen LogP contribution in [-0.4, -0.2) is 11.2 Å². The molecule has 0 amide bonds. The van der Waals surface area contributed by atoms with Crippen LogP contribution in [0.5, 0.6) is 0 Å². The van der Waals surface area contributed by atoms with Gasteiger partial charge in [-0.1, -0.05) is 25.6 Å². The van der Waals surface area contributed by atoms with Gasteiger partial charge < -0.3 is 0 Å². The third kappa shape index (κ3) is 1.81. The second-order valence-electron chi connectivity index (χ2n) is 1.09. The number of nitrogens with zero attached hydrogens (tertiary/aromatic N) is 2. The molecule has 0 saturated heterocycles. The molecule has 0 radical (unpaired) electrons. The summed E-state index contributed by atoms with van der Waals surface area (Å²) in [6, 6.07) is 0. The van der Waals surface area contributed by atoms with Gasteiger partial charge in [-0.3, -0.25) is 0 Å². The fourth-order valence-electron chi connectivity index (χ4n) is 0.208. The molecule has 0 fully saturated rings. The molecule has 0 aliphatic carbocycles. The Bertz CT molecular complexity index is 90.5. The smallest absolute Gasteiger partial charge is 0.0735 e. The molecule has 0 aromatic heterocycles. The molecule has 0 aliphatic heterocycles. The molecule has 0 saturated carbocycles. The van der Waals surface area contributed by atoms with Crippen LogP contribution in [0.25, 0.3) is 0 Å². The zero-order chi connectivity index (χ0) is 6.57. The Morgan fingerprint density at radius 1 is 1.62 bits per heavy atom. The first-order chi connectivity index (χ1) is 3.72. The molecule has 0 bridgehead atoms. The zero-order valence-electron chi connectivity index (χ0n) is 4.24. The van der Waals surface area contributed by atoms with Crippen molar-refractivity contribution in [1.29, 1.82) is 0 Å². The first-order valence-corrected chi connectivity index (χ1v) is 2.01. The SMILES string of the molecule is CC/C(=N/F)N(F)F. The summed E-state index contributed by atoms with van der Waals surface area (Å²) in [6.07, 6.45) is -0.108. The number of rotatable bonds is 1. The molecular weight excluding hydrogens is 121 g/mol.